The summed E-state index contributed by atoms with van der Waals surface area (Å²) in [6, 6.07) is 11.4. The maximum Gasteiger partial charge on any atom is 0.255 e. The highest BCUT2D eigenvalue weighted by molar-refractivity contribution is 6.08. The van der Waals surface area contributed by atoms with Crippen LogP contribution in [0.4, 0.5) is 4.39 Å². The van der Waals surface area contributed by atoms with Crippen LogP contribution in [-0.2, 0) is 6.54 Å². The number of carbonyl (C=O) groups is 2. The zero-order valence-electron chi connectivity index (χ0n) is 18.9. The summed E-state index contributed by atoms with van der Waals surface area (Å²) in [5.41, 5.74) is 3.29. The van der Waals surface area contributed by atoms with Gasteiger partial charge in [-0.3, -0.25) is 14.6 Å². The van der Waals surface area contributed by atoms with Crippen molar-refractivity contribution < 1.29 is 18.7 Å². The Morgan fingerprint density at radius 2 is 1.89 bits per heavy atom. The number of nitrogens with one attached hydrogen (secondary N) is 2. The molecule has 0 aliphatic heterocycles. The van der Waals surface area contributed by atoms with Crippen molar-refractivity contribution >= 4 is 22.7 Å². The van der Waals surface area contributed by atoms with Crippen molar-refractivity contribution in [3.05, 3.63) is 77.4 Å². The Labute approximate surface area is 200 Å². The quantitative estimate of drug-likeness (QED) is 0.354. The highest BCUT2D eigenvalue weighted by Gasteiger charge is 2.26. The minimum atomic E-state index is -0.518. The van der Waals surface area contributed by atoms with Gasteiger partial charge in [-0.1, -0.05) is 24.3 Å². The number of fused-ring (bicyclic) bond motifs is 1. The van der Waals surface area contributed by atoms with Crippen LogP contribution < -0.4 is 21.2 Å². The first kappa shape index (κ1) is 22.3. The first-order valence-corrected chi connectivity index (χ1v) is 11.1. The fraction of sp³-hybridized carbons (Fsp3) is 0.200. The van der Waals surface area contributed by atoms with Crippen molar-refractivity contribution in [1.82, 2.24) is 25.5 Å². The van der Waals surface area contributed by atoms with Crippen molar-refractivity contribution in [1.29, 1.82) is 0 Å². The molecule has 0 radical (unpaired) electrons. The van der Waals surface area contributed by atoms with Gasteiger partial charge in [0.05, 0.1) is 30.1 Å². The third kappa shape index (κ3) is 4.50. The van der Waals surface area contributed by atoms with Crippen LogP contribution >= 0.6 is 0 Å². The third-order valence-corrected chi connectivity index (χ3v) is 5.87. The number of ether oxygens (including phenoxy) is 1. The van der Waals surface area contributed by atoms with Gasteiger partial charge in [-0.15, -0.1) is 0 Å². The number of pyridine rings is 1. The van der Waals surface area contributed by atoms with Crippen molar-refractivity contribution in [2.24, 2.45) is 0 Å². The van der Waals surface area contributed by atoms with Crippen LogP contribution in [0, 0.1) is 5.82 Å². The number of hydrogen-bond acceptors (Lipinski definition) is 6. The van der Waals surface area contributed by atoms with E-state index in [9.17, 15) is 14.0 Å². The SMILES string of the molecule is COc1ccc(F)cc1C(=O)NCc1ccc(-c2ncc(C(=O)NC3CC3)c3c2cnn3N)cc1. The van der Waals surface area contributed by atoms with Crippen molar-refractivity contribution in [2.75, 3.05) is 13.0 Å². The molecule has 0 unspecified atom stereocenters. The van der Waals surface area contributed by atoms with E-state index in [1.807, 2.05) is 24.3 Å². The molecule has 1 saturated carbocycles. The maximum absolute atomic E-state index is 13.6. The Hall–Kier alpha value is -4.47. The molecule has 2 amide bonds. The van der Waals surface area contributed by atoms with E-state index in [-0.39, 0.29) is 24.1 Å². The topological polar surface area (TPSA) is 124 Å². The van der Waals surface area contributed by atoms with Gasteiger partial charge in [0.25, 0.3) is 11.8 Å². The molecule has 10 heteroatoms. The molecule has 1 aliphatic rings. The molecule has 4 N–H and O–H groups in total. The maximum atomic E-state index is 13.6. The molecule has 0 atom stereocenters. The van der Waals surface area contributed by atoms with E-state index in [1.54, 1.807) is 6.20 Å². The van der Waals surface area contributed by atoms with E-state index in [2.05, 4.69) is 20.7 Å². The average Bonchev–Trinajstić information content (AvgIpc) is 3.61. The minimum absolute atomic E-state index is 0.125. The number of aromatic nitrogens is 3. The molecule has 5 rings (SSSR count). The van der Waals surface area contributed by atoms with E-state index in [0.717, 1.165) is 30.0 Å². The summed E-state index contributed by atoms with van der Waals surface area (Å²) in [7, 11) is 1.42. The molecule has 2 aromatic heterocycles. The minimum Gasteiger partial charge on any atom is -0.496 e. The summed E-state index contributed by atoms with van der Waals surface area (Å²) in [6.07, 6.45) is 5.06. The monoisotopic (exact) mass is 474 g/mol. The van der Waals surface area contributed by atoms with Gasteiger partial charge in [-0.2, -0.15) is 9.89 Å². The van der Waals surface area contributed by atoms with Crippen LogP contribution in [0.1, 0.15) is 39.1 Å². The lowest BCUT2D eigenvalue weighted by molar-refractivity contribution is 0.0941. The van der Waals surface area contributed by atoms with Crippen molar-refractivity contribution in [3.8, 4) is 17.0 Å². The number of carbonyl (C=O) groups excluding carboxylic acids is 2. The fourth-order valence-electron chi connectivity index (χ4n) is 3.87. The average molecular weight is 474 g/mol. The van der Waals surface area contributed by atoms with Crippen LogP contribution in [0.3, 0.4) is 0 Å². The number of nitrogens with two attached hydrogens (primary N) is 1. The molecule has 0 saturated heterocycles. The first-order valence-electron chi connectivity index (χ1n) is 11.1. The normalized spacial score (nSPS) is 13.0. The highest BCUT2D eigenvalue weighted by atomic mass is 19.1. The molecule has 1 fully saturated rings. The lowest BCUT2D eigenvalue weighted by atomic mass is 10.0. The summed E-state index contributed by atoms with van der Waals surface area (Å²) < 4.78 is 18.7. The molecule has 2 heterocycles. The molecule has 1 aliphatic carbocycles. The lowest BCUT2D eigenvalue weighted by Gasteiger charge is -2.11. The van der Waals surface area contributed by atoms with E-state index < -0.39 is 11.7 Å². The molecule has 2 aromatic carbocycles. The van der Waals surface area contributed by atoms with Gasteiger partial charge in [0.15, 0.2) is 0 Å². The van der Waals surface area contributed by atoms with Gasteiger partial charge in [0.2, 0.25) is 0 Å². The second kappa shape index (κ2) is 9.05. The van der Waals surface area contributed by atoms with Crippen molar-refractivity contribution in [2.45, 2.75) is 25.4 Å². The van der Waals surface area contributed by atoms with Gasteiger partial charge in [-0.05, 0) is 36.6 Å². The molecule has 0 spiro atoms. The van der Waals surface area contributed by atoms with E-state index in [4.69, 9.17) is 10.6 Å². The Balaban J connectivity index is 1.34. The Bertz CT molecular complexity index is 1430. The molecule has 9 nitrogen and oxygen atoms in total. The molecule has 35 heavy (non-hydrogen) atoms. The molecular formula is C25H23FN6O3. The number of benzene rings is 2. The summed E-state index contributed by atoms with van der Waals surface area (Å²) in [6.45, 7) is 0.239. The largest absolute Gasteiger partial charge is 0.496 e. The van der Waals surface area contributed by atoms with E-state index in [1.165, 1.54) is 30.2 Å². The summed E-state index contributed by atoms with van der Waals surface area (Å²) >= 11 is 0. The number of halogens is 1. The number of rotatable bonds is 7. The molecule has 4 aromatic rings. The zero-order valence-corrected chi connectivity index (χ0v) is 18.9. The van der Waals surface area contributed by atoms with Crippen LogP contribution in [-0.4, -0.2) is 39.8 Å². The predicted molar refractivity (Wildman–Crippen MR) is 128 cm³/mol. The standard InChI is InChI=1S/C25H23FN6O3/c1-35-21-9-6-16(26)10-18(21)24(33)29-11-14-2-4-15(5-3-14)22-19-13-30-32(27)23(19)20(12-28-22)25(34)31-17-7-8-17/h2-6,9-10,12-13,17H,7-8,11,27H2,1H3,(H,29,33)(H,31,34). The van der Waals surface area contributed by atoms with Gasteiger partial charge in [0, 0.05) is 29.7 Å². The van der Waals surface area contributed by atoms with E-state index in [0.29, 0.717) is 27.9 Å². The Morgan fingerprint density at radius 3 is 2.60 bits per heavy atom. The van der Waals surface area contributed by atoms with Crippen LogP contribution in [0.5, 0.6) is 5.75 Å². The first-order chi connectivity index (χ1) is 16.9. The van der Waals surface area contributed by atoms with Gasteiger partial charge < -0.3 is 21.2 Å². The number of hydrogen-bond donors (Lipinski definition) is 3. The second-order valence-electron chi connectivity index (χ2n) is 8.34. The summed E-state index contributed by atoms with van der Waals surface area (Å²) in [5, 5.41) is 10.5. The molecular weight excluding hydrogens is 451 g/mol. The van der Waals surface area contributed by atoms with E-state index >= 15 is 0 Å². The third-order valence-electron chi connectivity index (χ3n) is 5.87. The Kier molecular flexibility index (Phi) is 5.77. The number of methoxy groups -OCH3 is 1. The summed E-state index contributed by atoms with van der Waals surface area (Å²) in [4.78, 5) is 30.9. The zero-order chi connectivity index (χ0) is 24.5. The predicted octanol–water partition coefficient (Wildman–Crippen LogP) is 2.78. The van der Waals surface area contributed by atoms with Gasteiger partial charge in [0.1, 0.15) is 17.1 Å². The lowest BCUT2D eigenvalue weighted by Crippen LogP contribution is -2.27. The van der Waals surface area contributed by atoms with Crippen LogP contribution in [0.25, 0.3) is 22.2 Å². The fourth-order valence-corrected chi connectivity index (χ4v) is 3.87. The summed E-state index contributed by atoms with van der Waals surface area (Å²) in [5.74, 6) is 5.12. The highest BCUT2D eigenvalue weighted by Crippen LogP contribution is 2.29. The van der Waals surface area contributed by atoms with Crippen LogP contribution in [0.2, 0.25) is 0 Å². The number of nitrogen functional groups attached to an aromatic ring is 1. The van der Waals surface area contributed by atoms with Gasteiger partial charge in [-0.25, -0.2) is 4.39 Å². The van der Waals surface area contributed by atoms with Gasteiger partial charge >= 0.3 is 0 Å². The smallest absolute Gasteiger partial charge is 0.255 e. The number of amides is 2. The molecule has 0 bridgehead atoms. The number of nitrogens with zero attached hydrogens (tertiary/aromatic N) is 3. The second-order valence-corrected chi connectivity index (χ2v) is 8.34. The van der Waals surface area contributed by atoms with Crippen molar-refractivity contribution in [3.63, 3.8) is 0 Å². The Morgan fingerprint density at radius 1 is 1.11 bits per heavy atom. The molecule has 178 valence electrons. The van der Waals surface area contributed by atoms with Crippen LogP contribution in [0.15, 0.2) is 54.9 Å².